The monoisotopic (exact) mass is 286 g/mol. The minimum atomic E-state index is 0.921. The molecule has 0 saturated heterocycles. The molecule has 4 nitrogen and oxygen atoms in total. The maximum Gasteiger partial charge on any atom is 0.0596 e. The van der Waals surface area contributed by atoms with E-state index in [1.54, 1.807) is 0 Å². The number of anilines is 1. The predicted octanol–water partition coefficient (Wildman–Crippen LogP) is 2.75. The van der Waals surface area contributed by atoms with Gasteiger partial charge in [0.25, 0.3) is 0 Å². The van der Waals surface area contributed by atoms with Crippen LogP contribution in [-0.4, -0.2) is 30.4 Å². The van der Waals surface area contributed by atoms with Gasteiger partial charge in [0.2, 0.25) is 0 Å². The molecule has 0 unspecified atom stereocenters. The molecule has 1 aromatic carbocycles. The van der Waals surface area contributed by atoms with Crippen LogP contribution in [0.25, 0.3) is 0 Å². The summed E-state index contributed by atoms with van der Waals surface area (Å²) >= 11 is 0. The van der Waals surface area contributed by atoms with Crippen LogP contribution in [0, 0.1) is 13.8 Å². The molecule has 2 aromatic rings. The Labute approximate surface area is 127 Å². The van der Waals surface area contributed by atoms with E-state index in [-0.39, 0.29) is 0 Å². The number of benzene rings is 1. The van der Waals surface area contributed by atoms with E-state index >= 15 is 0 Å². The number of nitrogens with one attached hydrogen (secondary N) is 1. The van der Waals surface area contributed by atoms with Gasteiger partial charge < -0.3 is 10.2 Å². The summed E-state index contributed by atoms with van der Waals surface area (Å²) in [5.74, 6) is 0. The molecule has 21 heavy (non-hydrogen) atoms. The number of hydrogen-bond acceptors (Lipinski definition) is 3. The average Bonchev–Trinajstić information content (AvgIpc) is 2.77. The van der Waals surface area contributed by atoms with E-state index in [4.69, 9.17) is 0 Å². The maximum absolute atomic E-state index is 4.48. The highest BCUT2D eigenvalue weighted by molar-refractivity contribution is 5.45. The average molecular weight is 286 g/mol. The zero-order chi connectivity index (χ0) is 15.2. The van der Waals surface area contributed by atoms with Crippen molar-refractivity contribution in [2.75, 3.05) is 25.5 Å². The van der Waals surface area contributed by atoms with Gasteiger partial charge in [0, 0.05) is 38.6 Å². The van der Waals surface area contributed by atoms with Crippen LogP contribution in [0.1, 0.15) is 23.4 Å². The Morgan fingerprint density at radius 3 is 2.43 bits per heavy atom. The zero-order valence-corrected chi connectivity index (χ0v) is 13.6. The van der Waals surface area contributed by atoms with E-state index in [0.717, 1.165) is 31.7 Å². The third kappa shape index (κ3) is 4.60. The second-order valence-corrected chi connectivity index (χ2v) is 5.74. The molecular formula is C17H26N4. The van der Waals surface area contributed by atoms with Crippen molar-refractivity contribution in [3.8, 4) is 0 Å². The predicted molar refractivity (Wildman–Crippen MR) is 88.8 cm³/mol. The molecule has 114 valence electrons. The Morgan fingerprint density at radius 2 is 1.86 bits per heavy atom. The first-order chi connectivity index (χ1) is 10.1. The second kappa shape index (κ2) is 7.27. The Morgan fingerprint density at radius 1 is 1.14 bits per heavy atom. The summed E-state index contributed by atoms with van der Waals surface area (Å²) in [6.45, 7) is 7.06. The molecule has 1 heterocycles. The molecule has 1 N–H and O–H groups in total. The van der Waals surface area contributed by atoms with Crippen molar-refractivity contribution in [3.63, 3.8) is 0 Å². The third-order valence-electron chi connectivity index (χ3n) is 3.61. The smallest absolute Gasteiger partial charge is 0.0596 e. The van der Waals surface area contributed by atoms with Gasteiger partial charge in [-0.05, 0) is 50.6 Å². The summed E-state index contributed by atoms with van der Waals surface area (Å²) in [6, 6.07) is 10.8. The molecule has 0 fully saturated rings. The lowest BCUT2D eigenvalue weighted by molar-refractivity contribution is 0.532. The molecule has 0 saturated carbocycles. The fourth-order valence-corrected chi connectivity index (χ4v) is 2.40. The van der Waals surface area contributed by atoms with Crippen LogP contribution in [0.3, 0.4) is 0 Å². The Kier molecular flexibility index (Phi) is 5.39. The van der Waals surface area contributed by atoms with Gasteiger partial charge in [0.05, 0.1) is 5.69 Å². The fraction of sp³-hybridized carbons (Fsp3) is 0.471. The van der Waals surface area contributed by atoms with E-state index in [1.807, 2.05) is 6.92 Å². The van der Waals surface area contributed by atoms with E-state index in [9.17, 15) is 0 Å². The molecule has 0 aliphatic heterocycles. The summed E-state index contributed by atoms with van der Waals surface area (Å²) in [6.07, 6.45) is 1.09. The Bertz CT molecular complexity index is 555. The lowest BCUT2D eigenvalue weighted by atomic mass is 10.2. The highest BCUT2D eigenvalue weighted by atomic mass is 15.3. The first-order valence-electron chi connectivity index (χ1n) is 7.54. The highest BCUT2D eigenvalue weighted by Gasteiger charge is 2.00. The normalized spacial score (nSPS) is 10.9. The number of hydrogen-bond donors (Lipinski definition) is 1. The molecule has 1 aromatic heterocycles. The SMILES string of the molecule is Cc1cc(C)n(CCCNCc2ccc(N(C)C)cc2)n1. The molecule has 0 bridgehead atoms. The standard InChI is InChI=1S/C17H26N4/c1-14-12-15(2)21(19-14)11-5-10-18-13-16-6-8-17(9-7-16)20(3)4/h6-9,12,18H,5,10-11,13H2,1-4H3. The van der Waals surface area contributed by atoms with Crippen LogP contribution in [-0.2, 0) is 13.1 Å². The van der Waals surface area contributed by atoms with E-state index in [1.165, 1.54) is 16.9 Å². The van der Waals surface area contributed by atoms with Gasteiger partial charge in [0.15, 0.2) is 0 Å². The van der Waals surface area contributed by atoms with Crippen molar-refractivity contribution in [1.29, 1.82) is 0 Å². The lowest BCUT2D eigenvalue weighted by Crippen LogP contribution is -2.17. The van der Waals surface area contributed by atoms with E-state index in [0.29, 0.717) is 0 Å². The van der Waals surface area contributed by atoms with Crippen molar-refractivity contribution in [3.05, 3.63) is 47.3 Å². The van der Waals surface area contributed by atoms with Crippen LogP contribution in [0.4, 0.5) is 5.69 Å². The van der Waals surface area contributed by atoms with Gasteiger partial charge >= 0.3 is 0 Å². The molecule has 0 atom stereocenters. The van der Waals surface area contributed by atoms with Crippen molar-refractivity contribution < 1.29 is 0 Å². The minimum absolute atomic E-state index is 0.921. The zero-order valence-electron chi connectivity index (χ0n) is 13.6. The Balaban J connectivity index is 1.69. The number of aryl methyl sites for hydroxylation is 3. The number of nitrogens with zero attached hydrogens (tertiary/aromatic N) is 3. The molecule has 0 aliphatic carbocycles. The van der Waals surface area contributed by atoms with Crippen LogP contribution >= 0.6 is 0 Å². The van der Waals surface area contributed by atoms with Crippen LogP contribution in [0.5, 0.6) is 0 Å². The topological polar surface area (TPSA) is 33.1 Å². The molecule has 0 amide bonds. The summed E-state index contributed by atoms with van der Waals surface area (Å²) in [4.78, 5) is 2.12. The van der Waals surface area contributed by atoms with Crippen LogP contribution in [0.2, 0.25) is 0 Å². The van der Waals surface area contributed by atoms with Gasteiger partial charge in [-0.15, -0.1) is 0 Å². The fourth-order valence-electron chi connectivity index (χ4n) is 2.40. The van der Waals surface area contributed by atoms with Crippen LogP contribution in [0.15, 0.2) is 30.3 Å². The van der Waals surface area contributed by atoms with Gasteiger partial charge in [-0.2, -0.15) is 5.10 Å². The van der Waals surface area contributed by atoms with Gasteiger partial charge in [-0.3, -0.25) is 4.68 Å². The van der Waals surface area contributed by atoms with E-state index < -0.39 is 0 Å². The molecular weight excluding hydrogens is 260 g/mol. The minimum Gasteiger partial charge on any atom is -0.378 e. The summed E-state index contributed by atoms with van der Waals surface area (Å²) in [5.41, 5.74) is 4.91. The highest BCUT2D eigenvalue weighted by Crippen LogP contribution is 2.11. The number of rotatable bonds is 7. The third-order valence-corrected chi connectivity index (χ3v) is 3.61. The van der Waals surface area contributed by atoms with Gasteiger partial charge in [-0.1, -0.05) is 12.1 Å². The molecule has 0 spiro atoms. The first kappa shape index (κ1) is 15.6. The molecule has 4 heteroatoms. The Hall–Kier alpha value is -1.81. The lowest BCUT2D eigenvalue weighted by Gasteiger charge is -2.13. The quantitative estimate of drug-likeness (QED) is 0.795. The van der Waals surface area contributed by atoms with Crippen LogP contribution < -0.4 is 10.2 Å². The second-order valence-electron chi connectivity index (χ2n) is 5.74. The molecule has 2 rings (SSSR count). The van der Waals surface area contributed by atoms with Crippen molar-refractivity contribution >= 4 is 5.69 Å². The van der Waals surface area contributed by atoms with Gasteiger partial charge in [0.1, 0.15) is 0 Å². The van der Waals surface area contributed by atoms with Crippen molar-refractivity contribution in [2.45, 2.75) is 33.4 Å². The van der Waals surface area contributed by atoms with E-state index in [2.05, 4.69) is 71.3 Å². The molecule has 0 radical (unpaired) electrons. The summed E-state index contributed by atoms with van der Waals surface area (Å²) in [5, 5.41) is 7.97. The maximum atomic E-state index is 4.48. The molecule has 0 aliphatic rings. The number of aromatic nitrogens is 2. The largest absolute Gasteiger partial charge is 0.378 e. The first-order valence-corrected chi connectivity index (χ1v) is 7.54. The van der Waals surface area contributed by atoms with Crippen molar-refractivity contribution in [2.24, 2.45) is 0 Å². The summed E-state index contributed by atoms with van der Waals surface area (Å²) in [7, 11) is 4.12. The van der Waals surface area contributed by atoms with Gasteiger partial charge in [-0.25, -0.2) is 0 Å². The van der Waals surface area contributed by atoms with Crippen molar-refractivity contribution in [1.82, 2.24) is 15.1 Å². The summed E-state index contributed by atoms with van der Waals surface area (Å²) < 4.78 is 2.09.